The fraction of sp³-hybridized carbons (Fsp3) is 0.350. The third-order valence-electron chi connectivity index (χ3n) is 4.95. The summed E-state index contributed by atoms with van der Waals surface area (Å²) in [5, 5.41) is 2.86. The molecule has 1 aliphatic heterocycles. The number of rotatable bonds is 5. The minimum absolute atomic E-state index is 0.0252. The van der Waals surface area contributed by atoms with Crippen LogP contribution in [0, 0.1) is 5.82 Å². The molecule has 1 N–H and O–H groups in total. The second-order valence-corrected chi connectivity index (χ2v) is 6.94. The van der Waals surface area contributed by atoms with E-state index in [9.17, 15) is 14.0 Å². The maximum absolute atomic E-state index is 13.5. The van der Waals surface area contributed by atoms with Gasteiger partial charge in [0.15, 0.2) is 11.6 Å². The van der Waals surface area contributed by atoms with Gasteiger partial charge < -0.3 is 15.0 Å². The minimum atomic E-state index is -0.516. The highest BCUT2D eigenvalue weighted by atomic mass is 19.1. The zero-order valence-electron chi connectivity index (χ0n) is 14.9. The van der Waals surface area contributed by atoms with Gasteiger partial charge in [-0.2, -0.15) is 0 Å². The Balaban J connectivity index is 1.36. The molecule has 1 saturated carbocycles. The molecule has 2 aliphatic rings. The molecule has 1 aliphatic carbocycles. The van der Waals surface area contributed by atoms with Crippen LogP contribution in [0.25, 0.3) is 0 Å². The van der Waals surface area contributed by atoms with Gasteiger partial charge in [-0.15, -0.1) is 0 Å². The highest BCUT2D eigenvalue weighted by Gasteiger charge is 2.36. The lowest BCUT2D eigenvalue weighted by molar-refractivity contribution is 0.0541. The van der Waals surface area contributed by atoms with E-state index in [1.807, 2.05) is 6.07 Å². The van der Waals surface area contributed by atoms with Crippen LogP contribution in [0.4, 0.5) is 4.39 Å². The van der Waals surface area contributed by atoms with E-state index in [0.717, 1.165) is 18.5 Å². The number of ether oxygens (including phenoxy) is 1. The molecule has 1 aromatic heterocycles. The van der Waals surface area contributed by atoms with Crippen molar-refractivity contribution >= 4 is 11.8 Å². The molecule has 4 rings (SSSR count). The highest BCUT2D eigenvalue weighted by molar-refractivity contribution is 5.97. The third-order valence-corrected chi connectivity index (χ3v) is 4.95. The molecule has 1 saturated heterocycles. The van der Waals surface area contributed by atoms with E-state index in [2.05, 4.69) is 10.3 Å². The van der Waals surface area contributed by atoms with Gasteiger partial charge in [0, 0.05) is 30.8 Å². The molecule has 0 radical (unpaired) electrons. The van der Waals surface area contributed by atoms with E-state index in [-0.39, 0.29) is 23.6 Å². The largest absolute Gasteiger partial charge is 0.494 e. The summed E-state index contributed by atoms with van der Waals surface area (Å²) >= 11 is 0. The number of aromatic nitrogens is 1. The maximum atomic E-state index is 13.5. The molecule has 2 amide bonds. The van der Waals surface area contributed by atoms with Crippen LogP contribution in [0.1, 0.15) is 45.2 Å². The van der Waals surface area contributed by atoms with Gasteiger partial charge in [0.25, 0.3) is 11.8 Å². The lowest BCUT2D eigenvalue weighted by Crippen LogP contribution is -2.61. The summed E-state index contributed by atoms with van der Waals surface area (Å²) in [6.45, 7) is 0.893. The Labute approximate surface area is 156 Å². The van der Waals surface area contributed by atoms with Crippen LogP contribution in [0.5, 0.6) is 5.75 Å². The lowest BCUT2D eigenvalue weighted by atomic mass is 10.0. The van der Waals surface area contributed by atoms with E-state index >= 15 is 0 Å². The first-order chi connectivity index (χ1) is 13.1. The number of carbonyl (C=O) groups excluding carboxylic acids is 2. The molecule has 0 spiro atoms. The number of carbonyl (C=O) groups is 2. The Bertz CT molecular complexity index is 892. The van der Waals surface area contributed by atoms with Crippen LogP contribution in [0.2, 0.25) is 0 Å². The van der Waals surface area contributed by atoms with Crippen molar-refractivity contribution in [1.82, 2.24) is 15.2 Å². The number of hydrogen-bond acceptors (Lipinski definition) is 4. The Kier molecular flexibility index (Phi) is 4.51. The fourth-order valence-electron chi connectivity index (χ4n) is 3.26. The molecule has 1 aromatic carbocycles. The van der Waals surface area contributed by atoms with E-state index in [0.29, 0.717) is 30.1 Å². The molecule has 27 heavy (non-hydrogen) atoms. The van der Waals surface area contributed by atoms with Gasteiger partial charge in [0.2, 0.25) is 0 Å². The number of halogens is 1. The van der Waals surface area contributed by atoms with Crippen LogP contribution in [0.15, 0.2) is 36.5 Å². The number of nitrogens with one attached hydrogen (secondary N) is 1. The zero-order chi connectivity index (χ0) is 19.0. The van der Waals surface area contributed by atoms with Crippen molar-refractivity contribution in [3.63, 3.8) is 0 Å². The van der Waals surface area contributed by atoms with E-state index in [1.165, 1.54) is 25.3 Å². The first kappa shape index (κ1) is 17.5. The topological polar surface area (TPSA) is 71.5 Å². The summed E-state index contributed by atoms with van der Waals surface area (Å²) < 4.78 is 18.4. The van der Waals surface area contributed by atoms with Gasteiger partial charge in [0.1, 0.15) is 0 Å². The van der Waals surface area contributed by atoms with E-state index in [4.69, 9.17) is 4.74 Å². The van der Waals surface area contributed by atoms with E-state index < -0.39 is 5.82 Å². The standard InChI is InChI=1S/C20H20FN3O3/c1-27-17-9-13(6-7-16(17)21)19(25)23-14-10-24(11-14)20(26)15-3-2-8-22-18(15)12-4-5-12/h2-3,6-9,12,14H,4-5,10-11H2,1H3,(H,23,25). The van der Waals surface area contributed by atoms with Gasteiger partial charge in [0.05, 0.1) is 24.4 Å². The van der Waals surface area contributed by atoms with Crippen molar-refractivity contribution in [2.24, 2.45) is 0 Å². The van der Waals surface area contributed by atoms with Gasteiger partial charge in [-0.05, 0) is 43.2 Å². The monoisotopic (exact) mass is 369 g/mol. The molecule has 6 nitrogen and oxygen atoms in total. The predicted octanol–water partition coefficient (Wildman–Crippen LogP) is 2.36. The Morgan fingerprint density at radius 2 is 2.04 bits per heavy atom. The van der Waals surface area contributed by atoms with Crippen molar-refractivity contribution in [2.75, 3.05) is 20.2 Å². The second kappa shape index (κ2) is 6.98. The van der Waals surface area contributed by atoms with Gasteiger partial charge in [-0.25, -0.2) is 4.39 Å². The van der Waals surface area contributed by atoms with Crippen molar-refractivity contribution < 1.29 is 18.7 Å². The van der Waals surface area contributed by atoms with Crippen LogP contribution in [-0.2, 0) is 0 Å². The molecule has 140 valence electrons. The average molecular weight is 369 g/mol. The SMILES string of the molecule is COc1cc(C(=O)NC2CN(C(=O)c3cccnc3C3CC3)C2)ccc1F. The van der Waals surface area contributed by atoms with Crippen LogP contribution in [0.3, 0.4) is 0 Å². The summed E-state index contributed by atoms with van der Waals surface area (Å²) in [4.78, 5) is 31.1. The lowest BCUT2D eigenvalue weighted by Gasteiger charge is -2.39. The van der Waals surface area contributed by atoms with Gasteiger partial charge in [-0.3, -0.25) is 14.6 Å². The van der Waals surface area contributed by atoms with Gasteiger partial charge in [-0.1, -0.05) is 0 Å². The van der Waals surface area contributed by atoms with Crippen LogP contribution < -0.4 is 10.1 Å². The van der Waals surface area contributed by atoms with Crippen LogP contribution in [-0.4, -0.2) is 47.9 Å². The van der Waals surface area contributed by atoms with Crippen LogP contribution >= 0.6 is 0 Å². The molecular weight excluding hydrogens is 349 g/mol. The highest BCUT2D eigenvalue weighted by Crippen LogP contribution is 2.40. The summed E-state index contributed by atoms with van der Waals surface area (Å²) in [6.07, 6.45) is 3.88. The van der Waals surface area contributed by atoms with Gasteiger partial charge >= 0.3 is 0 Å². The molecule has 0 bridgehead atoms. The quantitative estimate of drug-likeness (QED) is 0.878. The number of methoxy groups -OCH3 is 1. The maximum Gasteiger partial charge on any atom is 0.255 e. The second-order valence-electron chi connectivity index (χ2n) is 6.94. The average Bonchev–Trinajstić information content (AvgIpc) is 3.49. The van der Waals surface area contributed by atoms with E-state index in [1.54, 1.807) is 17.2 Å². The Morgan fingerprint density at radius 3 is 2.74 bits per heavy atom. The number of benzene rings is 1. The normalized spacial score (nSPS) is 16.6. The summed E-state index contributed by atoms with van der Waals surface area (Å²) in [5.41, 5.74) is 1.86. The Hall–Kier alpha value is -2.96. The number of hydrogen-bond donors (Lipinski definition) is 1. The smallest absolute Gasteiger partial charge is 0.255 e. The fourth-order valence-corrected chi connectivity index (χ4v) is 3.26. The molecule has 0 unspecified atom stereocenters. The number of amides is 2. The first-order valence-corrected chi connectivity index (χ1v) is 8.95. The van der Waals surface area contributed by atoms with Crippen molar-refractivity contribution in [3.05, 3.63) is 59.2 Å². The molecular formula is C20H20FN3O3. The third kappa shape index (κ3) is 3.49. The number of nitrogens with zero attached hydrogens (tertiary/aromatic N) is 2. The number of pyridine rings is 1. The predicted molar refractivity (Wildman–Crippen MR) is 96.3 cm³/mol. The zero-order valence-corrected chi connectivity index (χ0v) is 14.9. The molecule has 0 atom stereocenters. The summed E-state index contributed by atoms with van der Waals surface area (Å²) in [5.74, 6) is -0.450. The van der Waals surface area contributed by atoms with Crippen molar-refractivity contribution in [2.45, 2.75) is 24.8 Å². The Morgan fingerprint density at radius 1 is 1.26 bits per heavy atom. The molecule has 2 heterocycles. The molecule has 2 fully saturated rings. The minimum Gasteiger partial charge on any atom is -0.494 e. The van der Waals surface area contributed by atoms with Crippen molar-refractivity contribution in [1.29, 1.82) is 0 Å². The summed E-state index contributed by atoms with van der Waals surface area (Å²) in [7, 11) is 1.35. The first-order valence-electron chi connectivity index (χ1n) is 8.95. The summed E-state index contributed by atoms with van der Waals surface area (Å²) in [6, 6.07) is 7.45. The molecule has 2 aromatic rings. The van der Waals surface area contributed by atoms with Crippen molar-refractivity contribution in [3.8, 4) is 5.75 Å². The molecule has 7 heteroatoms. The number of likely N-dealkylation sites (tertiary alicyclic amines) is 1.